The molecule has 0 radical (unpaired) electrons. The van der Waals surface area contributed by atoms with Gasteiger partial charge >= 0.3 is 5.97 Å². The molecule has 0 atom stereocenters. The summed E-state index contributed by atoms with van der Waals surface area (Å²) in [4.78, 5) is 55.8. The average Bonchev–Trinajstić information content (AvgIpc) is 2.96. The van der Waals surface area contributed by atoms with E-state index in [1.165, 1.54) is 13.2 Å². The van der Waals surface area contributed by atoms with Crippen LogP contribution in [-0.4, -0.2) is 39.4 Å². The van der Waals surface area contributed by atoms with E-state index in [-0.39, 0.29) is 32.9 Å². The molecule has 0 aliphatic heterocycles. The third-order valence-corrected chi connectivity index (χ3v) is 5.07. The van der Waals surface area contributed by atoms with E-state index in [9.17, 15) is 39.9 Å². The summed E-state index contributed by atoms with van der Waals surface area (Å²) in [6.45, 7) is 0. The Morgan fingerprint density at radius 1 is 0.931 bits per heavy atom. The normalized spacial score (nSPS) is 11.6. The van der Waals surface area contributed by atoms with E-state index < -0.39 is 43.6 Å². The number of thioether (sulfide) groups is 1. The minimum absolute atomic E-state index is 0.181. The number of nitrogens with zero attached hydrogens (tertiary/aromatic N) is 3. The lowest BCUT2D eigenvalue weighted by Gasteiger charge is -2.06. The summed E-state index contributed by atoms with van der Waals surface area (Å²) < 4.78 is 4.49. The molecule has 0 bridgehead atoms. The average molecular weight is 419 g/mol. The largest absolute Gasteiger partial charge is 0.468 e. The Kier molecular flexibility index (Phi) is 4.99. The van der Waals surface area contributed by atoms with Gasteiger partial charge in [0.1, 0.15) is 0 Å². The van der Waals surface area contributed by atoms with Gasteiger partial charge in [0.25, 0.3) is 17.1 Å². The third kappa shape index (κ3) is 3.38. The summed E-state index contributed by atoms with van der Waals surface area (Å²) in [6, 6.07) is 3.86. The zero-order chi connectivity index (χ0) is 21.5. The van der Waals surface area contributed by atoms with E-state index >= 15 is 0 Å². The van der Waals surface area contributed by atoms with Crippen molar-refractivity contribution in [2.24, 2.45) is 0 Å². The first-order chi connectivity index (χ1) is 13.6. The highest BCUT2D eigenvalue weighted by Crippen LogP contribution is 2.49. The number of esters is 1. The minimum atomic E-state index is -0.933. The number of carbonyl (C=O) groups excluding carboxylic acids is 2. The number of hydrogen-bond donors (Lipinski definition) is 0. The van der Waals surface area contributed by atoms with Gasteiger partial charge < -0.3 is 4.74 Å². The van der Waals surface area contributed by atoms with Gasteiger partial charge in [0, 0.05) is 28.2 Å². The van der Waals surface area contributed by atoms with Crippen LogP contribution in [0.3, 0.4) is 0 Å². The first kappa shape index (κ1) is 19.9. The van der Waals surface area contributed by atoms with Crippen molar-refractivity contribution in [3.05, 3.63) is 65.7 Å². The van der Waals surface area contributed by atoms with Crippen LogP contribution in [0.5, 0.6) is 0 Å². The molecule has 13 heteroatoms. The van der Waals surface area contributed by atoms with Crippen LogP contribution in [0.4, 0.5) is 17.1 Å². The number of fused-ring (bicyclic) bond motifs is 3. The molecule has 0 heterocycles. The Hall–Kier alpha value is -3.87. The van der Waals surface area contributed by atoms with Crippen molar-refractivity contribution in [2.75, 3.05) is 12.9 Å². The number of benzene rings is 2. The highest BCUT2D eigenvalue weighted by Gasteiger charge is 2.41. The summed E-state index contributed by atoms with van der Waals surface area (Å²) >= 11 is 0.877. The fourth-order valence-corrected chi connectivity index (χ4v) is 3.72. The molecule has 1 aliphatic rings. The summed E-state index contributed by atoms with van der Waals surface area (Å²) in [5.74, 6) is -1.59. The molecule has 29 heavy (non-hydrogen) atoms. The second-order valence-electron chi connectivity index (χ2n) is 5.72. The molecule has 148 valence electrons. The van der Waals surface area contributed by atoms with Crippen molar-refractivity contribution in [3.63, 3.8) is 0 Å². The number of ketones is 1. The summed E-state index contributed by atoms with van der Waals surface area (Å²) in [6.07, 6.45) is 0. The third-order valence-electron chi connectivity index (χ3n) is 4.12. The fourth-order valence-electron chi connectivity index (χ4n) is 2.92. The molecule has 3 rings (SSSR count). The Morgan fingerprint density at radius 2 is 1.48 bits per heavy atom. The van der Waals surface area contributed by atoms with E-state index in [0.717, 1.165) is 23.9 Å². The van der Waals surface area contributed by atoms with Crippen molar-refractivity contribution in [2.45, 2.75) is 4.90 Å². The van der Waals surface area contributed by atoms with Crippen molar-refractivity contribution in [1.29, 1.82) is 0 Å². The Bertz CT molecular complexity index is 1130. The Morgan fingerprint density at radius 3 is 2.00 bits per heavy atom. The number of nitro benzene ring substituents is 3. The summed E-state index contributed by atoms with van der Waals surface area (Å²) in [5, 5.41) is 34.1. The predicted octanol–water partition coefficient (Wildman–Crippen LogP) is 2.89. The molecule has 12 nitrogen and oxygen atoms in total. The number of non-ortho nitro benzene ring substituents is 1. The van der Waals surface area contributed by atoms with E-state index in [2.05, 4.69) is 4.74 Å². The second kappa shape index (κ2) is 7.27. The molecule has 0 spiro atoms. The van der Waals surface area contributed by atoms with Gasteiger partial charge in [-0.25, -0.2) is 0 Å². The molecule has 0 saturated carbocycles. The van der Waals surface area contributed by atoms with Gasteiger partial charge in [0.2, 0.25) is 0 Å². The number of nitro groups is 3. The van der Waals surface area contributed by atoms with Crippen molar-refractivity contribution in [1.82, 2.24) is 0 Å². The van der Waals surface area contributed by atoms with E-state index in [0.29, 0.717) is 6.07 Å². The maximum absolute atomic E-state index is 12.8. The standard InChI is InChI=1S/C16H9N3O9S/c1-28-13(20)6-29-8-4-10-15(12(5-8)19(26)27)14-9(16(10)21)2-7(17(22)23)3-11(14)18(24)25/h2-5H,6H2,1H3. The fraction of sp³-hybridized carbons (Fsp3) is 0.125. The van der Waals surface area contributed by atoms with E-state index in [4.69, 9.17) is 0 Å². The van der Waals surface area contributed by atoms with Crippen LogP contribution in [0.1, 0.15) is 15.9 Å². The Labute approximate surface area is 164 Å². The molecule has 2 aromatic carbocycles. The Balaban J connectivity index is 2.27. The van der Waals surface area contributed by atoms with Gasteiger partial charge in [-0.3, -0.25) is 39.9 Å². The van der Waals surface area contributed by atoms with Crippen LogP contribution in [0.15, 0.2) is 29.2 Å². The van der Waals surface area contributed by atoms with Crippen LogP contribution in [-0.2, 0) is 9.53 Å². The number of hydrogen-bond acceptors (Lipinski definition) is 10. The van der Waals surface area contributed by atoms with Gasteiger partial charge in [0.15, 0.2) is 5.78 Å². The first-order valence-electron chi connectivity index (χ1n) is 7.69. The molecule has 0 fully saturated rings. The van der Waals surface area contributed by atoms with E-state index in [1.807, 2.05) is 0 Å². The SMILES string of the molecule is COC(=O)CSc1cc2c(c([N+](=O)[O-])c1)-c1c(cc([N+](=O)[O-])cc1[N+](=O)[O-])C2=O. The number of methoxy groups -OCH3 is 1. The van der Waals surface area contributed by atoms with Gasteiger partial charge in [-0.15, -0.1) is 11.8 Å². The zero-order valence-corrected chi connectivity index (χ0v) is 15.3. The minimum Gasteiger partial charge on any atom is -0.468 e. The second-order valence-corrected chi connectivity index (χ2v) is 6.77. The van der Waals surface area contributed by atoms with Crippen LogP contribution >= 0.6 is 11.8 Å². The van der Waals surface area contributed by atoms with E-state index in [1.54, 1.807) is 0 Å². The lowest BCUT2D eigenvalue weighted by Crippen LogP contribution is -2.03. The maximum atomic E-state index is 12.8. The zero-order valence-electron chi connectivity index (χ0n) is 14.4. The summed E-state index contributed by atoms with van der Waals surface area (Å²) in [7, 11) is 1.17. The monoisotopic (exact) mass is 419 g/mol. The quantitative estimate of drug-likeness (QED) is 0.250. The van der Waals surface area contributed by atoms with Crippen molar-refractivity contribution < 1.29 is 29.1 Å². The van der Waals surface area contributed by atoms with Crippen molar-refractivity contribution >= 4 is 40.6 Å². The number of ether oxygens (including phenoxy) is 1. The number of rotatable bonds is 6. The topological polar surface area (TPSA) is 173 Å². The molecule has 0 amide bonds. The first-order valence-corrected chi connectivity index (χ1v) is 8.68. The molecule has 0 unspecified atom stereocenters. The molecule has 0 aromatic heterocycles. The van der Waals surface area contributed by atoms with Crippen LogP contribution < -0.4 is 0 Å². The smallest absolute Gasteiger partial charge is 0.315 e. The predicted molar refractivity (Wildman–Crippen MR) is 98.0 cm³/mol. The molecule has 2 aromatic rings. The van der Waals surface area contributed by atoms with Crippen LogP contribution in [0.25, 0.3) is 11.1 Å². The van der Waals surface area contributed by atoms with Gasteiger partial charge in [-0.2, -0.15) is 0 Å². The van der Waals surface area contributed by atoms with Gasteiger partial charge in [0.05, 0.1) is 44.8 Å². The van der Waals surface area contributed by atoms with Gasteiger partial charge in [-0.05, 0) is 6.07 Å². The summed E-state index contributed by atoms with van der Waals surface area (Å²) in [5.41, 5.74) is -3.22. The number of carbonyl (C=O) groups is 2. The molecule has 0 N–H and O–H groups in total. The lowest BCUT2D eigenvalue weighted by atomic mass is 10.0. The lowest BCUT2D eigenvalue weighted by molar-refractivity contribution is -0.394. The van der Waals surface area contributed by atoms with Crippen molar-refractivity contribution in [3.8, 4) is 11.1 Å². The van der Waals surface area contributed by atoms with Crippen LogP contribution in [0.2, 0.25) is 0 Å². The molecular weight excluding hydrogens is 410 g/mol. The maximum Gasteiger partial charge on any atom is 0.315 e. The highest BCUT2D eigenvalue weighted by atomic mass is 32.2. The molecule has 0 saturated heterocycles. The molecule has 1 aliphatic carbocycles. The van der Waals surface area contributed by atoms with Gasteiger partial charge in [-0.1, -0.05) is 0 Å². The van der Waals surface area contributed by atoms with Crippen LogP contribution in [0, 0.1) is 30.3 Å². The highest BCUT2D eigenvalue weighted by molar-refractivity contribution is 8.00. The molecular formula is C16H9N3O9S.